The van der Waals surface area contributed by atoms with E-state index in [0.717, 1.165) is 6.26 Å². The highest BCUT2D eigenvalue weighted by molar-refractivity contribution is 5.68. The highest BCUT2D eigenvalue weighted by atomic mass is 16.5. The molecule has 0 aromatic rings. The normalized spacial score (nSPS) is 9.16. The average Bonchev–Trinajstić information content (AvgIpc) is 2.33. The number of rotatable bonds is 10. The Morgan fingerprint density at radius 1 is 1.11 bits per heavy atom. The van der Waals surface area contributed by atoms with Crippen molar-refractivity contribution < 1.29 is 33.6 Å². The van der Waals surface area contributed by atoms with Crippen LogP contribution in [-0.4, -0.2) is 56.7 Å². The summed E-state index contributed by atoms with van der Waals surface area (Å²) in [4.78, 5) is 19.7. The first-order chi connectivity index (χ1) is 9.04. The minimum absolute atomic E-state index is 0.269. The molecule has 0 rings (SSSR count). The second kappa shape index (κ2) is 16.6. The molecule has 0 aromatic carbocycles. The molecule has 0 aliphatic rings. The summed E-state index contributed by atoms with van der Waals surface area (Å²) in [5.74, 6) is -1.29. The summed E-state index contributed by atoms with van der Waals surface area (Å²) in [6.45, 7) is 8.59. The van der Waals surface area contributed by atoms with E-state index in [4.69, 9.17) is 19.3 Å². The molecule has 0 amide bonds. The smallest absolute Gasteiger partial charge is 0.329 e. The summed E-state index contributed by atoms with van der Waals surface area (Å²) < 4.78 is 19.0. The van der Waals surface area contributed by atoms with E-state index in [1.165, 1.54) is 6.92 Å². The molecule has 7 heteroatoms. The molecule has 0 bridgehead atoms. The summed E-state index contributed by atoms with van der Waals surface area (Å²) in [5, 5.41) is 8.20. The lowest BCUT2D eigenvalue weighted by atomic mass is 10.7. The zero-order valence-electron chi connectivity index (χ0n) is 11.4. The van der Waals surface area contributed by atoms with Gasteiger partial charge in [0.1, 0.15) is 6.61 Å². The minimum Gasteiger partial charge on any atom is -0.480 e. The highest BCUT2D eigenvalue weighted by Gasteiger charge is 1.95. The fourth-order valence-corrected chi connectivity index (χ4v) is 0.759. The largest absolute Gasteiger partial charge is 0.480 e. The van der Waals surface area contributed by atoms with Gasteiger partial charge in [-0.25, -0.2) is 4.79 Å². The van der Waals surface area contributed by atoms with Crippen molar-refractivity contribution >= 4 is 11.9 Å². The molecule has 0 heterocycles. The molecule has 19 heavy (non-hydrogen) atoms. The lowest BCUT2D eigenvalue weighted by molar-refractivity contribution is -0.142. The van der Waals surface area contributed by atoms with Crippen LogP contribution in [-0.2, 0) is 28.5 Å². The van der Waals surface area contributed by atoms with Crippen LogP contribution in [0.3, 0.4) is 0 Å². The number of carboxylic acid groups (broad SMARTS) is 1. The van der Waals surface area contributed by atoms with E-state index in [9.17, 15) is 9.59 Å². The van der Waals surface area contributed by atoms with Crippen LogP contribution in [0.2, 0.25) is 0 Å². The Balaban J connectivity index is 0. The fourth-order valence-electron chi connectivity index (χ4n) is 0.759. The molecule has 1 N–H and O–H groups in total. The van der Waals surface area contributed by atoms with Gasteiger partial charge in [-0.05, 0) is 6.92 Å². The molecule has 0 atom stereocenters. The van der Waals surface area contributed by atoms with Gasteiger partial charge in [0, 0.05) is 13.5 Å². The molecular weight excluding hydrogens is 256 g/mol. The maximum atomic E-state index is 9.99. The molecule has 0 saturated carbocycles. The average molecular weight is 278 g/mol. The molecule has 112 valence electrons. The molecule has 0 fully saturated rings. The maximum absolute atomic E-state index is 9.99. The van der Waals surface area contributed by atoms with Crippen molar-refractivity contribution in [3.05, 3.63) is 12.8 Å². The summed E-state index contributed by atoms with van der Waals surface area (Å²) in [5.41, 5.74) is 0. The number of hydrogen-bond donors (Lipinski definition) is 1. The molecule has 0 aliphatic carbocycles. The summed E-state index contributed by atoms with van der Waals surface area (Å²) >= 11 is 0. The van der Waals surface area contributed by atoms with Crippen molar-refractivity contribution in [2.75, 3.05) is 39.6 Å². The predicted molar refractivity (Wildman–Crippen MR) is 67.7 cm³/mol. The first-order valence-electron chi connectivity index (χ1n) is 5.77. The first kappa shape index (κ1) is 19.9. The number of carbonyl (C=O) groups excluding carboxylic acids is 1. The second-order valence-corrected chi connectivity index (χ2v) is 3.03. The Morgan fingerprint density at radius 3 is 2.00 bits per heavy atom. The third-order valence-corrected chi connectivity index (χ3v) is 1.42. The van der Waals surface area contributed by atoms with Crippen LogP contribution >= 0.6 is 0 Å². The van der Waals surface area contributed by atoms with Crippen molar-refractivity contribution in [2.45, 2.75) is 13.8 Å². The highest BCUT2D eigenvalue weighted by Crippen LogP contribution is 1.80. The van der Waals surface area contributed by atoms with E-state index >= 15 is 0 Å². The summed E-state index contributed by atoms with van der Waals surface area (Å²) in [6.07, 6.45) is 1.10. The van der Waals surface area contributed by atoms with Crippen LogP contribution in [0, 0.1) is 0 Å². The van der Waals surface area contributed by atoms with Gasteiger partial charge in [0.15, 0.2) is 0 Å². The topological polar surface area (TPSA) is 91.3 Å². The van der Waals surface area contributed by atoms with Crippen LogP contribution in [0.25, 0.3) is 0 Å². The third-order valence-electron chi connectivity index (χ3n) is 1.42. The SMILES string of the molecule is C=COC(C)=O.CCOCCOCCOCC(=O)O. The van der Waals surface area contributed by atoms with Crippen molar-refractivity contribution in [1.29, 1.82) is 0 Å². The van der Waals surface area contributed by atoms with Gasteiger partial charge in [-0.1, -0.05) is 6.58 Å². The quantitative estimate of drug-likeness (QED) is 0.359. The van der Waals surface area contributed by atoms with Gasteiger partial charge in [0.25, 0.3) is 0 Å². The number of ether oxygens (including phenoxy) is 4. The van der Waals surface area contributed by atoms with Gasteiger partial charge < -0.3 is 24.1 Å². The number of carboxylic acids is 1. The maximum Gasteiger partial charge on any atom is 0.329 e. The third kappa shape index (κ3) is 26.3. The van der Waals surface area contributed by atoms with Crippen molar-refractivity contribution in [3.8, 4) is 0 Å². The van der Waals surface area contributed by atoms with Gasteiger partial charge in [0.05, 0.1) is 32.7 Å². The van der Waals surface area contributed by atoms with Crippen LogP contribution in [0.4, 0.5) is 0 Å². The first-order valence-corrected chi connectivity index (χ1v) is 5.77. The monoisotopic (exact) mass is 278 g/mol. The Bertz CT molecular complexity index is 240. The Kier molecular flexibility index (Phi) is 17.3. The van der Waals surface area contributed by atoms with E-state index < -0.39 is 5.97 Å². The fraction of sp³-hybridized carbons (Fsp3) is 0.667. The van der Waals surface area contributed by atoms with Gasteiger partial charge in [-0.3, -0.25) is 4.79 Å². The molecule has 0 radical (unpaired) electrons. The van der Waals surface area contributed by atoms with E-state index in [1.54, 1.807) is 0 Å². The summed E-state index contributed by atoms with van der Waals surface area (Å²) in [6, 6.07) is 0. The van der Waals surface area contributed by atoms with Crippen molar-refractivity contribution in [1.82, 2.24) is 0 Å². The molecule has 0 aliphatic heterocycles. The zero-order chi connectivity index (χ0) is 14.9. The predicted octanol–water partition coefficient (Wildman–Crippen LogP) is 0.834. The Hall–Kier alpha value is -1.44. The van der Waals surface area contributed by atoms with Gasteiger partial charge in [0.2, 0.25) is 0 Å². The van der Waals surface area contributed by atoms with E-state index in [2.05, 4.69) is 11.3 Å². The van der Waals surface area contributed by atoms with Crippen molar-refractivity contribution in [2.24, 2.45) is 0 Å². The van der Waals surface area contributed by atoms with Gasteiger partial charge >= 0.3 is 11.9 Å². The number of carbonyl (C=O) groups is 2. The lowest BCUT2D eigenvalue weighted by Gasteiger charge is -2.03. The number of esters is 1. The van der Waals surface area contributed by atoms with Crippen LogP contribution in [0.1, 0.15) is 13.8 Å². The van der Waals surface area contributed by atoms with Gasteiger partial charge in [-0.15, -0.1) is 0 Å². The van der Waals surface area contributed by atoms with Crippen LogP contribution in [0.5, 0.6) is 0 Å². The van der Waals surface area contributed by atoms with E-state index in [-0.39, 0.29) is 12.6 Å². The van der Waals surface area contributed by atoms with E-state index in [0.29, 0.717) is 33.0 Å². The Morgan fingerprint density at radius 2 is 1.63 bits per heavy atom. The van der Waals surface area contributed by atoms with Crippen molar-refractivity contribution in [3.63, 3.8) is 0 Å². The van der Waals surface area contributed by atoms with Gasteiger partial charge in [-0.2, -0.15) is 0 Å². The molecule has 0 aromatic heterocycles. The number of aliphatic carboxylic acids is 1. The minimum atomic E-state index is -0.964. The zero-order valence-corrected chi connectivity index (χ0v) is 11.4. The molecule has 0 saturated heterocycles. The number of hydrogen-bond acceptors (Lipinski definition) is 6. The second-order valence-electron chi connectivity index (χ2n) is 3.03. The molecular formula is C12H22O7. The summed E-state index contributed by atoms with van der Waals surface area (Å²) in [7, 11) is 0. The van der Waals surface area contributed by atoms with E-state index in [1.807, 2.05) is 6.92 Å². The lowest BCUT2D eigenvalue weighted by Crippen LogP contribution is -2.13. The van der Waals surface area contributed by atoms with Crippen LogP contribution in [0.15, 0.2) is 12.8 Å². The molecule has 7 nitrogen and oxygen atoms in total. The molecule has 0 unspecified atom stereocenters. The standard InChI is InChI=1S/C8H16O5.C4H6O2/c1-2-11-3-4-12-5-6-13-7-8(9)10;1-3-6-4(2)5/h2-7H2,1H3,(H,9,10);3H,1H2,2H3. The Labute approximate surface area is 113 Å². The molecule has 0 spiro atoms. The van der Waals surface area contributed by atoms with Crippen LogP contribution < -0.4 is 0 Å².